The molecule has 0 saturated heterocycles. The summed E-state index contributed by atoms with van der Waals surface area (Å²) in [6.07, 6.45) is 0.543. The van der Waals surface area contributed by atoms with Crippen molar-refractivity contribution in [1.82, 2.24) is 5.32 Å². The second-order valence-corrected chi connectivity index (χ2v) is 5.31. The highest BCUT2D eigenvalue weighted by Crippen LogP contribution is 2.31. The predicted molar refractivity (Wildman–Crippen MR) is 74.5 cm³/mol. The van der Waals surface area contributed by atoms with Gasteiger partial charge in [0.15, 0.2) is 0 Å². The van der Waals surface area contributed by atoms with Crippen LogP contribution in [0.25, 0.3) is 0 Å². The van der Waals surface area contributed by atoms with E-state index in [1.807, 2.05) is 7.05 Å². The van der Waals surface area contributed by atoms with Crippen molar-refractivity contribution in [2.75, 3.05) is 7.05 Å². The van der Waals surface area contributed by atoms with Crippen LogP contribution in [0.5, 0.6) is 0 Å². The van der Waals surface area contributed by atoms with Gasteiger partial charge in [0.1, 0.15) is 0 Å². The molecular weight excluding hydrogens is 275 g/mol. The Morgan fingerprint density at radius 3 is 2.33 bits per heavy atom. The van der Waals surface area contributed by atoms with Crippen LogP contribution in [0, 0.1) is 16.0 Å². The van der Waals surface area contributed by atoms with Crippen LogP contribution in [0.1, 0.15) is 19.4 Å². The van der Waals surface area contributed by atoms with Gasteiger partial charge in [0.05, 0.1) is 15.0 Å². The van der Waals surface area contributed by atoms with E-state index in [9.17, 15) is 10.1 Å². The lowest BCUT2D eigenvalue weighted by Gasteiger charge is -2.20. The maximum Gasteiger partial charge on any atom is 0.274 e. The highest BCUT2D eigenvalue weighted by atomic mass is 35.5. The number of nitro groups is 1. The van der Waals surface area contributed by atoms with E-state index in [1.54, 1.807) is 6.07 Å². The monoisotopic (exact) mass is 290 g/mol. The van der Waals surface area contributed by atoms with Crippen LogP contribution in [0.4, 0.5) is 5.69 Å². The first-order chi connectivity index (χ1) is 8.36. The highest BCUT2D eigenvalue weighted by molar-refractivity contribution is 6.42. The van der Waals surface area contributed by atoms with Gasteiger partial charge in [0.25, 0.3) is 5.69 Å². The molecule has 4 nitrogen and oxygen atoms in total. The van der Waals surface area contributed by atoms with Gasteiger partial charge >= 0.3 is 0 Å². The molecule has 0 amide bonds. The van der Waals surface area contributed by atoms with E-state index in [2.05, 4.69) is 19.2 Å². The van der Waals surface area contributed by atoms with Gasteiger partial charge in [-0.05, 0) is 25.5 Å². The molecule has 0 spiro atoms. The van der Waals surface area contributed by atoms with Gasteiger partial charge in [-0.3, -0.25) is 10.1 Å². The summed E-state index contributed by atoms with van der Waals surface area (Å²) in [5.74, 6) is 0.365. The van der Waals surface area contributed by atoms with E-state index in [0.29, 0.717) is 22.9 Å². The molecule has 1 rings (SSSR count). The third-order valence-electron chi connectivity index (χ3n) is 2.93. The number of likely N-dealkylation sites (N-methyl/N-ethyl adjacent to an activating group) is 1. The molecule has 1 aromatic rings. The van der Waals surface area contributed by atoms with Crippen LogP contribution >= 0.6 is 23.2 Å². The zero-order valence-corrected chi connectivity index (χ0v) is 12.0. The van der Waals surface area contributed by atoms with Crippen molar-refractivity contribution < 1.29 is 4.92 Å². The number of hydrogen-bond donors (Lipinski definition) is 1. The standard InChI is InChI=1S/C12H16Cl2N2O2/c1-7(2)11(15-3)5-8-4-9(13)10(14)6-12(8)16(17)18/h4,6-7,11,15H,5H2,1-3H3. The third kappa shape index (κ3) is 3.57. The fraction of sp³-hybridized carbons (Fsp3) is 0.500. The molecule has 18 heavy (non-hydrogen) atoms. The van der Waals surface area contributed by atoms with Crippen LogP contribution in [-0.2, 0) is 6.42 Å². The molecule has 1 unspecified atom stereocenters. The number of halogens is 2. The Balaban J connectivity index is 3.14. The lowest BCUT2D eigenvalue weighted by molar-refractivity contribution is -0.385. The molecule has 1 aromatic carbocycles. The van der Waals surface area contributed by atoms with Crippen molar-refractivity contribution in [3.05, 3.63) is 37.9 Å². The topological polar surface area (TPSA) is 55.2 Å². The molecule has 0 bridgehead atoms. The summed E-state index contributed by atoms with van der Waals surface area (Å²) < 4.78 is 0. The molecule has 0 saturated carbocycles. The first-order valence-corrected chi connectivity index (χ1v) is 6.42. The van der Waals surface area contributed by atoms with E-state index >= 15 is 0 Å². The highest BCUT2D eigenvalue weighted by Gasteiger charge is 2.21. The Morgan fingerprint density at radius 1 is 1.33 bits per heavy atom. The minimum absolute atomic E-state index is 0.0188. The fourth-order valence-corrected chi connectivity index (χ4v) is 2.16. The molecule has 0 heterocycles. The first-order valence-electron chi connectivity index (χ1n) is 5.66. The number of hydrogen-bond acceptors (Lipinski definition) is 3. The van der Waals surface area contributed by atoms with Crippen LogP contribution in [0.3, 0.4) is 0 Å². The van der Waals surface area contributed by atoms with Gasteiger partial charge in [-0.2, -0.15) is 0 Å². The van der Waals surface area contributed by atoms with Gasteiger partial charge < -0.3 is 5.32 Å². The molecule has 0 radical (unpaired) electrons. The van der Waals surface area contributed by atoms with Gasteiger partial charge in [-0.1, -0.05) is 37.0 Å². The second-order valence-electron chi connectivity index (χ2n) is 4.50. The van der Waals surface area contributed by atoms with Crippen LogP contribution < -0.4 is 5.32 Å². The van der Waals surface area contributed by atoms with Crippen molar-refractivity contribution in [3.8, 4) is 0 Å². The normalized spacial score (nSPS) is 12.8. The van der Waals surface area contributed by atoms with E-state index in [4.69, 9.17) is 23.2 Å². The van der Waals surface area contributed by atoms with Crippen molar-refractivity contribution >= 4 is 28.9 Å². The quantitative estimate of drug-likeness (QED) is 0.665. The molecular formula is C12H16Cl2N2O2. The molecule has 6 heteroatoms. The van der Waals surface area contributed by atoms with E-state index in [0.717, 1.165) is 0 Å². The smallest absolute Gasteiger partial charge is 0.274 e. The lowest BCUT2D eigenvalue weighted by Crippen LogP contribution is -2.32. The first kappa shape index (κ1) is 15.2. The molecule has 0 fully saturated rings. The van der Waals surface area contributed by atoms with Crippen molar-refractivity contribution in [1.29, 1.82) is 0 Å². The largest absolute Gasteiger partial charge is 0.316 e. The Labute approximate surface area is 116 Å². The van der Waals surface area contributed by atoms with Crippen LogP contribution in [0.2, 0.25) is 10.0 Å². The van der Waals surface area contributed by atoms with Gasteiger partial charge in [-0.15, -0.1) is 0 Å². The maximum atomic E-state index is 11.0. The number of benzene rings is 1. The zero-order chi connectivity index (χ0) is 13.9. The fourth-order valence-electron chi connectivity index (χ4n) is 1.82. The molecule has 0 aliphatic carbocycles. The predicted octanol–water partition coefficient (Wildman–Crippen LogP) is 3.69. The lowest BCUT2D eigenvalue weighted by atomic mass is 9.95. The van der Waals surface area contributed by atoms with Gasteiger partial charge in [0.2, 0.25) is 0 Å². The molecule has 0 aliphatic heterocycles. The molecule has 100 valence electrons. The Hall–Kier alpha value is -0.840. The summed E-state index contributed by atoms with van der Waals surface area (Å²) in [4.78, 5) is 10.6. The Bertz CT molecular complexity index is 450. The summed E-state index contributed by atoms with van der Waals surface area (Å²) in [5.41, 5.74) is 0.618. The van der Waals surface area contributed by atoms with Crippen molar-refractivity contribution in [2.24, 2.45) is 5.92 Å². The average molecular weight is 291 g/mol. The van der Waals surface area contributed by atoms with Crippen molar-refractivity contribution in [2.45, 2.75) is 26.3 Å². The Morgan fingerprint density at radius 2 is 1.89 bits per heavy atom. The number of rotatable bonds is 5. The summed E-state index contributed by atoms with van der Waals surface area (Å²) in [7, 11) is 1.84. The third-order valence-corrected chi connectivity index (χ3v) is 3.66. The van der Waals surface area contributed by atoms with E-state index in [1.165, 1.54) is 6.07 Å². The van der Waals surface area contributed by atoms with E-state index < -0.39 is 4.92 Å². The molecule has 0 aliphatic rings. The van der Waals surface area contributed by atoms with Crippen LogP contribution in [-0.4, -0.2) is 18.0 Å². The van der Waals surface area contributed by atoms with Crippen LogP contribution in [0.15, 0.2) is 12.1 Å². The number of nitro benzene ring substituents is 1. The number of nitrogens with zero attached hydrogens (tertiary/aromatic N) is 1. The van der Waals surface area contributed by atoms with Gasteiger partial charge in [-0.25, -0.2) is 0 Å². The summed E-state index contributed by atoms with van der Waals surface area (Å²) in [5, 5.41) is 14.7. The summed E-state index contributed by atoms with van der Waals surface area (Å²) in [6, 6.07) is 3.04. The second kappa shape index (κ2) is 6.36. The summed E-state index contributed by atoms with van der Waals surface area (Å²) >= 11 is 11.7. The molecule has 1 N–H and O–H groups in total. The molecule has 1 atom stereocenters. The maximum absolute atomic E-state index is 11.0. The average Bonchev–Trinajstić information content (AvgIpc) is 2.29. The Kier molecular flexibility index (Phi) is 5.38. The van der Waals surface area contributed by atoms with Crippen molar-refractivity contribution in [3.63, 3.8) is 0 Å². The number of nitrogens with one attached hydrogen (secondary N) is 1. The SMILES string of the molecule is CNC(Cc1cc(Cl)c(Cl)cc1[N+](=O)[O-])C(C)C. The van der Waals surface area contributed by atoms with E-state index in [-0.39, 0.29) is 16.8 Å². The summed E-state index contributed by atoms with van der Waals surface area (Å²) in [6.45, 7) is 4.12. The molecule has 0 aromatic heterocycles. The minimum Gasteiger partial charge on any atom is -0.316 e. The van der Waals surface area contributed by atoms with Gasteiger partial charge in [0, 0.05) is 17.7 Å². The minimum atomic E-state index is -0.426. The zero-order valence-electron chi connectivity index (χ0n) is 10.5.